The van der Waals surface area contributed by atoms with Crippen LogP contribution in [0.1, 0.15) is 18.4 Å². The number of para-hydroxylation sites is 3. The minimum absolute atomic E-state index is 0.0779. The second kappa shape index (κ2) is 7.09. The highest BCUT2D eigenvalue weighted by Crippen LogP contribution is 2.37. The van der Waals surface area contributed by atoms with E-state index >= 15 is 0 Å². The third-order valence-corrected chi connectivity index (χ3v) is 4.48. The maximum absolute atomic E-state index is 12.6. The Morgan fingerprint density at radius 2 is 1.69 bits per heavy atom. The van der Waals surface area contributed by atoms with Crippen molar-refractivity contribution in [3.63, 3.8) is 0 Å². The van der Waals surface area contributed by atoms with Crippen molar-refractivity contribution in [3.05, 3.63) is 64.2 Å². The third kappa shape index (κ3) is 3.80. The molecule has 0 bridgehead atoms. The zero-order valence-corrected chi connectivity index (χ0v) is 14.9. The predicted octanol–water partition coefficient (Wildman–Crippen LogP) is 3.36. The lowest BCUT2D eigenvalue weighted by Gasteiger charge is -2.20. The zero-order chi connectivity index (χ0) is 18.7. The van der Waals surface area contributed by atoms with Crippen molar-refractivity contribution < 1.29 is 9.72 Å². The number of nitro benzene ring substituents is 1. The van der Waals surface area contributed by atoms with Crippen LogP contribution in [0.4, 0.5) is 17.1 Å². The molecule has 0 spiro atoms. The van der Waals surface area contributed by atoms with Gasteiger partial charge in [-0.1, -0.05) is 30.3 Å². The first-order chi connectivity index (χ1) is 12.4. The summed E-state index contributed by atoms with van der Waals surface area (Å²) in [7, 11) is 0. The van der Waals surface area contributed by atoms with Crippen molar-refractivity contribution in [2.24, 2.45) is 0 Å². The number of thiocarbonyl (C=S) groups is 1. The van der Waals surface area contributed by atoms with Crippen LogP contribution in [0.2, 0.25) is 0 Å². The monoisotopic (exact) mass is 370 g/mol. The molecule has 2 aromatic rings. The minimum atomic E-state index is -0.782. The number of carbonyl (C=O) groups excluding carboxylic acids is 1. The van der Waals surface area contributed by atoms with Crippen molar-refractivity contribution >= 4 is 40.3 Å². The van der Waals surface area contributed by atoms with Crippen molar-refractivity contribution in [1.29, 1.82) is 0 Å². The predicted molar refractivity (Wildman–Crippen MR) is 104 cm³/mol. The molecule has 1 aliphatic rings. The van der Waals surface area contributed by atoms with E-state index in [-0.39, 0.29) is 22.4 Å². The molecule has 0 aliphatic heterocycles. The van der Waals surface area contributed by atoms with Crippen LogP contribution in [-0.2, 0) is 4.79 Å². The third-order valence-electron chi connectivity index (χ3n) is 4.28. The largest absolute Gasteiger partial charge is 0.348 e. The quantitative estimate of drug-likeness (QED) is 0.424. The number of nitrogens with zero attached hydrogens (tertiary/aromatic N) is 1. The van der Waals surface area contributed by atoms with Crippen molar-refractivity contribution in [2.75, 3.05) is 10.6 Å². The summed E-state index contributed by atoms with van der Waals surface area (Å²) >= 11 is 5.26. The van der Waals surface area contributed by atoms with Gasteiger partial charge in [-0.25, -0.2) is 0 Å². The molecule has 0 unspecified atom stereocenters. The normalized spacial score (nSPS) is 14.2. The topological polar surface area (TPSA) is 96.3 Å². The molecule has 0 saturated heterocycles. The van der Waals surface area contributed by atoms with Gasteiger partial charge >= 0.3 is 0 Å². The summed E-state index contributed by atoms with van der Waals surface area (Å²) < 4.78 is 0. The molecule has 8 heteroatoms. The van der Waals surface area contributed by atoms with Gasteiger partial charge in [0.15, 0.2) is 5.11 Å². The lowest BCUT2D eigenvalue weighted by atomic mass is 10.2. The number of benzene rings is 2. The Kier molecular flexibility index (Phi) is 4.85. The first-order valence-corrected chi connectivity index (χ1v) is 8.52. The lowest BCUT2D eigenvalue weighted by Crippen LogP contribution is -2.47. The average molecular weight is 370 g/mol. The van der Waals surface area contributed by atoms with Crippen molar-refractivity contribution in [1.82, 2.24) is 5.32 Å². The molecule has 0 heterocycles. The van der Waals surface area contributed by atoms with E-state index in [9.17, 15) is 14.9 Å². The Hall–Kier alpha value is -3.00. The first kappa shape index (κ1) is 17.8. The van der Waals surface area contributed by atoms with E-state index in [0.29, 0.717) is 12.8 Å². The van der Waals surface area contributed by atoms with E-state index < -0.39 is 10.5 Å². The molecule has 0 atom stereocenters. The van der Waals surface area contributed by atoms with Crippen LogP contribution in [0.5, 0.6) is 0 Å². The number of hydrogen-bond acceptors (Lipinski definition) is 4. The molecule has 0 aromatic heterocycles. The highest BCUT2D eigenvalue weighted by molar-refractivity contribution is 7.80. The summed E-state index contributed by atoms with van der Waals surface area (Å²) in [6.45, 7) is 1.92. The second-order valence-corrected chi connectivity index (χ2v) is 6.61. The van der Waals surface area contributed by atoms with E-state index in [2.05, 4.69) is 16.0 Å². The molecule has 26 heavy (non-hydrogen) atoms. The molecule has 3 rings (SSSR count). The molecule has 2 aromatic carbocycles. The van der Waals surface area contributed by atoms with Gasteiger partial charge in [0.05, 0.1) is 4.92 Å². The zero-order valence-electron chi connectivity index (χ0n) is 14.1. The van der Waals surface area contributed by atoms with Gasteiger partial charge in [-0.15, -0.1) is 0 Å². The molecule has 1 fully saturated rings. The van der Waals surface area contributed by atoms with Crippen LogP contribution in [0.3, 0.4) is 0 Å². The average Bonchev–Trinajstić information content (AvgIpc) is 3.38. The van der Waals surface area contributed by atoms with Gasteiger partial charge in [0.25, 0.3) is 5.69 Å². The fraction of sp³-hybridized carbons (Fsp3) is 0.222. The fourth-order valence-electron chi connectivity index (χ4n) is 2.60. The van der Waals surface area contributed by atoms with Gasteiger partial charge in [-0.3, -0.25) is 14.9 Å². The lowest BCUT2D eigenvalue weighted by molar-refractivity contribution is -0.383. The summed E-state index contributed by atoms with van der Waals surface area (Å²) in [5.41, 5.74) is 1.15. The van der Waals surface area contributed by atoms with Crippen molar-refractivity contribution in [2.45, 2.75) is 25.3 Å². The molecule has 134 valence electrons. The Bertz CT molecular complexity index is 880. The highest BCUT2D eigenvalue weighted by Gasteiger charge is 2.50. The molecule has 1 aliphatic carbocycles. The highest BCUT2D eigenvalue weighted by atomic mass is 32.1. The van der Waals surface area contributed by atoms with Gasteiger partial charge in [0, 0.05) is 11.8 Å². The summed E-state index contributed by atoms with van der Waals surface area (Å²) in [6, 6.07) is 13.7. The Morgan fingerprint density at radius 1 is 1.08 bits per heavy atom. The molecule has 3 N–H and O–H groups in total. The van der Waals surface area contributed by atoms with Crippen molar-refractivity contribution in [3.8, 4) is 0 Å². The molecule has 7 nitrogen and oxygen atoms in total. The molecule has 1 saturated carbocycles. The number of rotatable bonds is 5. The molecule has 0 radical (unpaired) electrons. The summed E-state index contributed by atoms with van der Waals surface area (Å²) in [5.74, 6) is -0.168. The SMILES string of the molecule is Cc1ccccc1NC(=O)C1(NC(=S)Nc2ccccc2[N+](=O)[O-])CC1. The van der Waals surface area contributed by atoms with Gasteiger partial charge in [-0.2, -0.15) is 0 Å². The molecule has 1 amide bonds. The fourth-order valence-corrected chi connectivity index (χ4v) is 2.90. The summed E-state index contributed by atoms with van der Waals surface area (Å²) in [4.78, 5) is 23.2. The summed E-state index contributed by atoms with van der Waals surface area (Å²) in [6.07, 6.45) is 1.28. The van der Waals surface area contributed by atoms with Crippen LogP contribution in [-0.4, -0.2) is 21.5 Å². The van der Waals surface area contributed by atoms with E-state index in [4.69, 9.17) is 12.2 Å². The van der Waals surface area contributed by atoms with Gasteiger partial charge in [-0.05, 0) is 49.7 Å². The Morgan fingerprint density at radius 3 is 2.31 bits per heavy atom. The van der Waals surface area contributed by atoms with Crippen LogP contribution in [0.15, 0.2) is 48.5 Å². The van der Waals surface area contributed by atoms with E-state index in [0.717, 1.165) is 11.3 Å². The number of nitro groups is 1. The number of nitrogens with one attached hydrogen (secondary N) is 3. The van der Waals surface area contributed by atoms with Crippen LogP contribution >= 0.6 is 12.2 Å². The smallest absolute Gasteiger partial charge is 0.292 e. The van der Waals surface area contributed by atoms with Crippen LogP contribution < -0.4 is 16.0 Å². The van der Waals surface area contributed by atoms with E-state index in [1.807, 2.05) is 31.2 Å². The number of carbonyl (C=O) groups is 1. The molecular formula is C18H18N4O3S. The van der Waals surface area contributed by atoms with E-state index in [1.165, 1.54) is 6.07 Å². The minimum Gasteiger partial charge on any atom is -0.348 e. The van der Waals surface area contributed by atoms with Gasteiger partial charge in [0.2, 0.25) is 5.91 Å². The number of amides is 1. The first-order valence-electron chi connectivity index (χ1n) is 8.11. The van der Waals surface area contributed by atoms with Crippen LogP contribution in [0.25, 0.3) is 0 Å². The molecular weight excluding hydrogens is 352 g/mol. The van der Waals surface area contributed by atoms with E-state index in [1.54, 1.807) is 18.2 Å². The Balaban J connectivity index is 1.67. The number of aryl methyl sites for hydroxylation is 1. The van der Waals surface area contributed by atoms with Gasteiger partial charge in [0.1, 0.15) is 11.2 Å². The standard InChI is InChI=1S/C18H18N4O3S/c1-12-6-2-3-7-13(12)19-16(23)18(10-11-18)21-17(26)20-14-8-4-5-9-15(14)22(24)25/h2-9H,10-11H2,1H3,(H,19,23)(H2,20,21,26). The second-order valence-electron chi connectivity index (χ2n) is 6.20. The maximum atomic E-state index is 12.6. The maximum Gasteiger partial charge on any atom is 0.292 e. The van der Waals surface area contributed by atoms with Crippen LogP contribution in [0, 0.1) is 17.0 Å². The summed E-state index contributed by atoms with van der Waals surface area (Å²) in [5, 5.41) is 20.0. The Labute approximate surface area is 155 Å². The number of anilines is 2. The van der Waals surface area contributed by atoms with Gasteiger partial charge < -0.3 is 16.0 Å². The number of hydrogen-bond donors (Lipinski definition) is 3.